The molecule has 0 radical (unpaired) electrons. The SMILES string of the molecule is Cc1cc2c(n1Cc1ncn(C)n1)CCCC2O. The van der Waals surface area contributed by atoms with E-state index in [0.717, 1.165) is 30.7 Å². The molecule has 0 fully saturated rings. The Morgan fingerprint density at radius 3 is 3.06 bits per heavy atom. The van der Waals surface area contributed by atoms with Crippen LogP contribution in [0.4, 0.5) is 0 Å². The fourth-order valence-electron chi connectivity index (χ4n) is 2.76. The van der Waals surface area contributed by atoms with Gasteiger partial charge < -0.3 is 9.67 Å². The molecule has 3 rings (SSSR count). The molecule has 1 aliphatic rings. The van der Waals surface area contributed by atoms with Crippen LogP contribution in [0.2, 0.25) is 0 Å². The summed E-state index contributed by atoms with van der Waals surface area (Å²) >= 11 is 0. The summed E-state index contributed by atoms with van der Waals surface area (Å²) in [5, 5.41) is 14.3. The fourth-order valence-corrected chi connectivity index (χ4v) is 2.76. The first-order valence-corrected chi connectivity index (χ1v) is 6.36. The van der Waals surface area contributed by atoms with Crippen molar-refractivity contribution in [2.24, 2.45) is 7.05 Å². The van der Waals surface area contributed by atoms with E-state index < -0.39 is 0 Å². The molecule has 5 heteroatoms. The van der Waals surface area contributed by atoms with Gasteiger partial charge in [0.05, 0.1) is 12.6 Å². The minimum atomic E-state index is -0.301. The average Bonchev–Trinajstić information content (AvgIpc) is 2.87. The molecule has 1 N–H and O–H groups in total. The predicted octanol–water partition coefficient (Wildman–Crippen LogP) is 1.34. The molecular weight excluding hydrogens is 228 g/mol. The Morgan fingerprint density at radius 2 is 2.33 bits per heavy atom. The molecule has 1 aliphatic carbocycles. The zero-order valence-electron chi connectivity index (χ0n) is 10.8. The van der Waals surface area contributed by atoms with Gasteiger partial charge in [0.25, 0.3) is 0 Å². The highest BCUT2D eigenvalue weighted by molar-refractivity contribution is 5.32. The smallest absolute Gasteiger partial charge is 0.170 e. The Hall–Kier alpha value is -1.62. The summed E-state index contributed by atoms with van der Waals surface area (Å²) in [7, 11) is 1.87. The van der Waals surface area contributed by atoms with Crippen LogP contribution in [0.3, 0.4) is 0 Å². The van der Waals surface area contributed by atoms with Crippen molar-refractivity contribution in [3.63, 3.8) is 0 Å². The molecule has 2 aromatic rings. The lowest BCUT2D eigenvalue weighted by Crippen LogP contribution is -2.13. The summed E-state index contributed by atoms with van der Waals surface area (Å²) in [4.78, 5) is 4.27. The van der Waals surface area contributed by atoms with Crippen LogP contribution in [0.25, 0.3) is 0 Å². The second-order valence-corrected chi connectivity index (χ2v) is 5.02. The molecule has 0 aliphatic heterocycles. The molecule has 0 aromatic carbocycles. The molecule has 0 saturated heterocycles. The highest BCUT2D eigenvalue weighted by Gasteiger charge is 2.23. The van der Waals surface area contributed by atoms with Crippen LogP contribution in [-0.4, -0.2) is 24.4 Å². The first kappa shape index (κ1) is 11.5. The van der Waals surface area contributed by atoms with E-state index in [1.165, 1.54) is 11.4 Å². The number of hydrogen-bond acceptors (Lipinski definition) is 3. The minimum Gasteiger partial charge on any atom is -0.388 e. The van der Waals surface area contributed by atoms with Gasteiger partial charge in [-0.2, -0.15) is 5.10 Å². The van der Waals surface area contributed by atoms with E-state index >= 15 is 0 Å². The van der Waals surface area contributed by atoms with Crippen LogP contribution in [0.1, 0.15) is 41.7 Å². The van der Waals surface area contributed by atoms with Crippen molar-refractivity contribution in [1.29, 1.82) is 0 Å². The van der Waals surface area contributed by atoms with Crippen LogP contribution in [0.5, 0.6) is 0 Å². The highest BCUT2D eigenvalue weighted by Crippen LogP contribution is 2.32. The fraction of sp³-hybridized carbons (Fsp3) is 0.538. The van der Waals surface area contributed by atoms with Gasteiger partial charge in [0.2, 0.25) is 0 Å². The Labute approximate surface area is 106 Å². The maximum absolute atomic E-state index is 10.0. The molecule has 2 heterocycles. The molecule has 1 unspecified atom stereocenters. The summed E-state index contributed by atoms with van der Waals surface area (Å²) in [5.74, 6) is 0.819. The number of hydrogen-bond donors (Lipinski definition) is 1. The van der Waals surface area contributed by atoms with Crippen molar-refractivity contribution in [3.8, 4) is 0 Å². The molecule has 18 heavy (non-hydrogen) atoms. The summed E-state index contributed by atoms with van der Waals surface area (Å²) in [6.07, 6.45) is 4.37. The van der Waals surface area contributed by atoms with E-state index in [4.69, 9.17) is 0 Å². The van der Waals surface area contributed by atoms with Crippen LogP contribution >= 0.6 is 0 Å². The van der Waals surface area contributed by atoms with Gasteiger partial charge >= 0.3 is 0 Å². The highest BCUT2D eigenvalue weighted by atomic mass is 16.3. The standard InChI is InChI=1S/C13H18N4O/c1-9-6-10-11(4-3-5-12(10)18)17(9)7-13-14-8-16(2)15-13/h6,8,12,18H,3-5,7H2,1-2H3. The average molecular weight is 246 g/mol. The van der Waals surface area contributed by atoms with E-state index in [1.54, 1.807) is 11.0 Å². The first-order chi connectivity index (χ1) is 8.65. The Kier molecular flexibility index (Phi) is 2.70. The van der Waals surface area contributed by atoms with Crippen molar-refractivity contribution >= 4 is 0 Å². The van der Waals surface area contributed by atoms with Crippen LogP contribution < -0.4 is 0 Å². The molecular formula is C13H18N4O. The van der Waals surface area contributed by atoms with Gasteiger partial charge in [0.15, 0.2) is 5.82 Å². The Balaban J connectivity index is 1.97. The zero-order valence-corrected chi connectivity index (χ0v) is 10.8. The number of aliphatic hydroxyl groups is 1. The van der Waals surface area contributed by atoms with Gasteiger partial charge in [-0.3, -0.25) is 4.68 Å². The third-order valence-corrected chi connectivity index (χ3v) is 3.65. The van der Waals surface area contributed by atoms with Crippen LogP contribution in [-0.2, 0) is 20.0 Å². The van der Waals surface area contributed by atoms with Crippen LogP contribution in [0, 0.1) is 6.92 Å². The van der Waals surface area contributed by atoms with Crippen molar-refractivity contribution < 1.29 is 5.11 Å². The van der Waals surface area contributed by atoms with E-state index in [9.17, 15) is 5.11 Å². The molecule has 5 nitrogen and oxygen atoms in total. The number of aryl methyl sites for hydroxylation is 2. The molecule has 0 bridgehead atoms. The number of aromatic nitrogens is 4. The maximum Gasteiger partial charge on any atom is 0.170 e. The molecule has 0 saturated carbocycles. The summed E-state index contributed by atoms with van der Waals surface area (Å²) < 4.78 is 3.95. The second kappa shape index (κ2) is 4.24. The zero-order chi connectivity index (χ0) is 12.7. The Morgan fingerprint density at radius 1 is 1.50 bits per heavy atom. The van der Waals surface area contributed by atoms with E-state index in [1.807, 2.05) is 7.05 Å². The molecule has 2 aromatic heterocycles. The maximum atomic E-state index is 10.0. The lowest BCUT2D eigenvalue weighted by Gasteiger charge is -2.20. The second-order valence-electron chi connectivity index (χ2n) is 5.02. The van der Waals surface area contributed by atoms with Gasteiger partial charge in [0, 0.05) is 24.0 Å². The topological polar surface area (TPSA) is 55.9 Å². The van der Waals surface area contributed by atoms with E-state index in [0.29, 0.717) is 6.54 Å². The summed E-state index contributed by atoms with van der Waals surface area (Å²) in [5.41, 5.74) is 3.52. The normalized spacial score (nSPS) is 18.9. The number of rotatable bonds is 2. The van der Waals surface area contributed by atoms with Crippen LogP contribution in [0.15, 0.2) is 12.4 Å². The van der Waals surface area contributed by atoms with Gasteiger partial charge in [0.1, 0.15) is 6.33 Å². The van der Waals surface area contributed by atoms with Crippen molar-refractivity contribution in [2.75, 3.05) is 0 Å². The minimum absolute atomic E-state index is 0.301. The quantitative estimate of drug-likeness (QED) is 0.870. The first-order valence-electron chi connectivity index (χ1n) is 6.36. The third-order valence-electron chi connectivity index (χ3n) is 3.65. The lowest BCUT2D eigenvalue weighted by molar-refractivity contribution is 0.155. The number of aliphatic hydroxyl groups excluding tert-OH is 1. The molecule has 1 atom stereocenters. The molecule has 0 amide bonds. The van der Waals surface area contributed by atoms with Gasteiger partial charge in [-0.25, -0.2) is 4.98 Å². The number of fused-ring (bicyclic) bond motifs is 1. The third kappa shape index (κ3) is 1.84. The lowest BCUT2D eigenvalue weighted by atomic mass is 9.95. The summed E-state index contributed by atoms with van der Waals surface area (Å²) in [6, 6.07) is 2.10. The Bertz CT molecular complexity index is 570. The van der Waals surface area contributed by atoms with Gasteiger partial charge in [-0.05, 0) is 32.3 Å². The van der Waals surface area contributed by atoms with Crippen molar-refractivity contribution in [1.82, 2.24) is 19.3 Å². The molecule has 0 spiro atoms. The largest absolute Gasteiger partial charge is 0.388 e. The van der Waals surface area contributed by atoms with E-state index in [2.05, 4.69) is 27.6 Å². The van der Waals surface area contributed by atoms with Crippen molar-refractivity contribution in [3.05, 3.63) is 35.2 Å². The predicted molar refractivity (Wildman–Crippen MR) is 67.2 cm³/mol. The van der Waals surface area contributed by atoms with E-state index in [-0.39, 0.29) is 6.10 Å². The van der Waals surface area contributed by atoms with Gasteiger partial charge in [-0.1, -0.05) is 0 Å². The summed E-state index contributed by atoms with van der Waals surface area (Å²) in [6.45, 7) is 2.77. The van der Waals surface area contributed by atoms with Crippen molar-refractivity contribution in [2.45, 2.75) is 38.8 Å². The molecule has 96 valence electrons. The monoisotopic (exact) mass is 246 g/mol. The van der Waals surface area contributed by atoms with Gasteiger partial charge in [-0.15, -0.1) is 0 Å². The number of nitrogens with zero attached hydrogens (tertiary/aromatic N) is 4.